The Morgan fingerprint density at radius 2 is 2.05 bits per heavy atom. The summed E-state index contributed by atoms with van der Waals surface area (Å²) in [5.74, 6) is -0.352. The fourth-order valence-corrected chi connectivity index (χ4v) is 1.89. The van der Waals surface area contributed by atoms with E-state index in [9.17, 15) is 19.7 Å². The third kappa shape index (κ3) is 2.92. The number of Topliss-reactive ketones (excluding diaryl/α,β-unsaturated/α-hetero) is 1. The summed E-state index contributed by atoms with van der Waals surface area (Å²) < 4.78 is 1.00. The average molecular weight is 293 g/mol. The predicted octanol–water partition coefficient (Wildman–Crippen LogP) is 2.29. The highest BCUT2D eigenvalue weighted by molar-refractivity contribution is 6.31. The molecule has 6 nitrogen and oxygen atoms in total. The van der Waals surface area contributed by atoms with Crippen LogP contribution in [-0.4, -0.2) is 15.3 Å². The van der Waals surface area contributed by atoms with Crippen molar-refractivity contribution in [3.05, 3.63) is 73.6 Å². The van der Waals surface area contributed by atoms with Crippen molar-refractivity contribution in [2.45, 2.75) is 6.54 Å². The Balaban J connectivity index is 2.31. The number of hydrogen-bond donors (Lipinski definition) is 0. The van der Waals surface area contributed by atoms with Gasteiger partial charge in [-0.15, -0.1) is 0 Å². The summed E-state index contributed by atoms with van der Waals surface area (Å²) in [7, 11) is 0. The van der Waals surface area contributed by atoms with Gasteiger partial charge in [-0.2, -0.15) is 0 Å². The molecule has 7 heteroatoms. The summed E-state index contributed by atoms with van der Waals surface area (Å²) in [6.07, 6.45) is 1.33. The quantitative estimate of drug-likeness (QED) is 0.492. The van der Waals surface area contributed by atoms with Crippen molar-refractivity contribution < 1.29 is 9.72 Å². The predicted molar refractivity (Wildman–Crippen MR) is 73.1 cm³/mol. The van der Waals surface area contributed by atoms with Crippen LogP contribution in [0.5, 0.6) is 0 Å². The molecule has 0 atom stereocenters. The third-order valence-corrected chi connectivity index (χ3v) is 2.89. The molecule has 0 saturated heterocycles. The molecule has 0 amide bonds. The molecule has 1 aromatic heterocycles. The van der Waals surface area contributed by atoms with E-state index < -0.39 is 16.2 Å². The third-order valence-electron chi connectivity index (χ3n) is 2.66. The van der Waals surface area contributed by atoms with Gasteiger partial charge in [0.25, 0.3) is 0 Å². The fraction of sp³-hybridized carbons (Fsp3) is 0.0769. The van der Waals surface area contributed by atoms with Gasteiger partial charge in [0.1, 0.15) is 0 Å². The Morgan fingerprint density at radius 3 is 2.70 bits per heavy atom. The summed E-state index contributed by atoms with van der Waals surface area (Å²) in [5.41, 5.74) is -1.03. The Morgan fingerprint density at radius 1 is 1.30 bits per heavy atom. The number of carbonyl (C=O) groups excluding carboxylic acids is 1. The van der Waals surface area contributed by atoms with Crippen LogP contribution in [0.1, 0.15) is 10.4 Å². The average Bonchev–Trinajstić information content (AvgIpc) is 2.40. The molecule has 102 valence electrons. The van der Waals surface area contributed by atoms with Crippen LogP contribution in [0.25, 0.3) is 0 Å². The van der Waals surface area contributed by atoms with Crippen LogP contribution in [0, 0.1) is 10.1 Å². The summed E-state index contributed by atoms with van der Waals surface area (Å²) in [6, 6.07) is 8.74. The van der Waals surface area contributed by atoms with Crippen LogP contribution in [-0.2, 0) is 6.54 Å². The molecule has 0 aliphatic rings. The molecule has 0 aliphatic carbocycles. The van der Waals surface area contributed by atoms with Gasteiger partial charge in [-0.05, 0) is 18.2 Å². The minimum atomic E-state index is -0.812. The number of hydrogen-bond acceptors (Lipinski definition) is 4. The first kappa shape index (κ1) is 14.0. The molecule has 0 radical (unpaired) electrons. The normalized spacial score (nSPS) is 10.2. The number of halogens is 1. The fourth-order valence-electron chi connectivity index (χ4n) is 1.70. The van der Waals surface area contributed by atoms with Crippen molar-refractivity contribution in [1.29, 1.82) is 0 Å². The summed E-state index contributed by atoms with van der Waals surface area (Å²) >= 11 is 5.78. The highest BCUT2D eigenvalue weighted by atomic mass is 35.5. The van der Waals surface area contributed by atoms with Crippen molar-refractivity contribution in [2.24, 2.45) is 0 Å². The van der Waals surface area contributed by atoms with Crippen molar-refractivity contribution in [3.63, 3.8) is 0 Å². The summed E-state index contributed by atoms with van der Waals surface area (Å²) in [5, 5.41) is 11.1. The van der Waals surface area contributed by atoms with Crippen LogP contribution >= 0.6 is 11.6 Å². The summed E-state index contributed by atoms with van der Waals surface area (Å²) in [6.45, 7) is -0.277. The minimum absolute atomic E-state index is 0.277. The van der Waals surface area contributed by atoms with Gasteiger partial charge < -0.3 is 4.57 Å². The van der Waals surface area contributed by atoms with E-state index in [-0.39, 0.29) is 12.3 Å². The van der Waals surface area contributed by atoms with E-state index in [4.69, 9.17) is 11.6 Å². The van der Waals surface area contributed by atoms with Gasteiger partial charge in [-0.25, -0.2) is 0 Å². The Labute approximate surface area is 118 Å². The van der Waals surface area contributed by atoms with E-state index >= 15 is 0 Å². The Bertz CT molecular complexity index is 739. The van der Waals surface area contributed by atoms with Crippen molar-refractivity contribution in [3.8, 4) is 0 Å². The van der Waals surface area contributed by atoms with Gasteiger partial charge >= 0.3 is 11.2 Å². The highest BCUT2D eigenvalue weighted by Crippen LogP contribution is 2.12. The van der Waals surface area contributed by atoms with Gasteiger partial charge in [0.05, 0.1) is 11.5 Å². The van der Waals surface area contributed by atoms with Gasteiger partial charge in [0.15, 0.2) is 5.78 Å². The first-order valence-electron chi connectivity index (χ1n) is 5.61. The Hall–Kier alpha value is -2.47. The maximum atomic E-state index is 12.0. The largest absolute Gasteiger partial charge is 0.334 e. The van der Waals surface area contributed by atoms with Crippen LogP contribution in [0.15, 0.2) is 47.4 Å². The molecule has 2 aromatic rings. The number of carbonyl (C=O) groups is 1. The Kier molecular flexibility index (Phi) is 3.95. The zero-order valence-corrected chi connectivity index (χ0v) is 10.9. The van der Waals surface area contributed by atoms with Gasteiger partial charge in [-0.3, -0.25) is 19.7 Å². The van der Waals surface area contributed by atoms with E-state index in [1.54, 1.807) is 18.2 Å². The van der Waals surface area contributed by atoms with Crippen LogP contribution in [0.3, 0.4) is 0 Å². The molecule has 1 heterocycles. The van der Waals surface area contributed by atoms with E-state index in [1.165, 1.54) is 18.3 Å². The number of nitrogens with zero attached hydrogens (tertiary/aromatic N) is 2. The van der Waals surface area contributed by atoms with E-state index in [2.05, 4.69) is 0 Å². The SMILES string of the molecule is O=C(Cn1cccc([N+](=O)[O-])c1=O)c1cccc(Cl)c1. The van der Waals surface area contributed by atoms with Crippen LogP contribution in [0.4, 0.5) is 5.69 Å². The number of pyridine rings is 1. The monoisotopic (exact) mass is 292 g/mol. The number of ketones is 1. The lowest BCUT2D eigenvalue weighted by molar-refractivity contribution is -0.386. The topological polar surface area (TPSA) is 82.2 Å². The summed E-state index contributed by atoms with van der Waals surface area (Å²) in [4.78, 5) is 33.7. The number of aromatic nitrogens is 1. The van der Waals surface area contributed by atoms with E-state index in [1.807, 2.05) is 0 Å². The lowest BCUT2D eigenvalue weighted by atomic mass is 10.1. The number of rotatable bonds is 4. The minimum Gasteiger partial charge on any atom is -0.302 e. The molecular weight excluding hydrogens is 284 g/mol. The van der Waals surface area contributed by atoms with Crippen molar-refractivity contribution >= 4 is 23.1 Å². The molecule has 0 aliphatic heterocycles. The zero-order valence-electron chi connectivity index (χ0n) is 10.2. The molecule has 20 heavy (non-hydrogen) atoms. The second kappa shape index (κ2) is 5.66. The highest BCUT2D eigenvalue weighted by Gasteiger charge is 2.15. The van der Waals surface area contributed by atoms with Crippen LogP contribution in [0.2, 0.25) is 5.02 Å². The van der Waals surface area contributed by atoms with Gasteiger partial charge in [0.2, 0.25) is 0 Å². The van der Waals surface area contributed by atoms with Crippen molar-refractivity contribution in [1.82, 2.24) is 4.57 Å². The molecule has 0 fully saturated rings. The molecule has 0 unspecified atom stereocenters. The first-order chi connectivity index (χ1) is 9.49. The second-order valence-electron chi connectivity index (χ2n) is 4.02. The molecule has 1 aromatic carbocycles. The lowest BCUT2D eigenvalue weighted by Gasteiger charge is -2.05. The first-order valence-corrected chi connectivity index (χ1v) is 5.99. The molecule has 0 spiro atoms. The standard InChI is InChI=1S/C13H9ClN2O4/c14-10-4-1-3-9(7-10)12(17)8-15-6-2-5-11(13(15)18)16(19)20/h1-7H,8H2. The molecule has 0 bridgehead atoms. The number of nitro groups is 1. The second-order valence-corrected chi connectivity index (χ2v) is 4.45. The maximum absolute atomic E-state index is 12.0. The van der Waals surface area contributed by atoms with Gasteiger partial charge in [-0.1, -0.05) is 23.7 Å². The van der Waals surface area contributed by atoms with Crippen molar-refractivity contribution in [2.75, 3.05) is 0 Å². The molecule has 0 saturated carbocycles. The lowest BCUT2D eigenvalue weighted by Crippen LogP contribution is -2.25. The molecule has 0 N–H and O–H groups in total. The smallest absolute Gasteiger partial charge is 0.302 e. The number of benzene rings is 1. The van der Waals surface area contributed by atoms with E-state index in [0.29, 0.717) is 10.6 Å². The molecular formula is C13H9ClN2O4. The maximum Gasteiger partial charge on any atom is 0.334 e. The zero-order chi connectivity index (χ0) is 14.7. The van der Waals surface area contributed by atoms with Crippen LogP contribution < -0.4 is 5.56 Å². The molecule has 2 rings (SSSR count). The van der Waals surface area contributed by atoms with E-state index in [0.717, 1.165) is 10.6 Å². The van der Waals surface area contributed by atoms with Gasteiger partial charge in [0, 0.05) is 22.8 Å².